The molecule has 0 aromatic heterocycles. The number of rotatable bonds is 3. The summed E-state index contributed by atoms with van der Waals surface area (Å²) in [6.07, 6.45) is -5.20. The molecule has 0 heterocycles. The van der Waals surface area contributed by atoms with Gasteiger partial charge in [-0.05, 0) is 17.7 Å². The van der Waals surface area contributed by atoms with Gasteiger partial charge in [0.2, 0.25) is 0 Å². The van der Waals surface area contributed by atoms with E-state index in [4.69, 9.17) is 34.0 Å². The van der Waals surface area contributed by atoms with Crippen molar-refractivity contribution in [2.45, 2.75) is 18.6 Å². The first-order valence-electron chi connectivity index (χ1n) is 4.67. The molecule has 0 saturated carbocycles. The highest BCUT2D eigenvalue weighted by Gasteiger charge is 2.35. The van der Waals surface area contributed by atoms with E-state index in [2.05, 4.69) is 0 Å². The quantitative estimate of drug-likeness (QED) is 0.902. The zero-order valence-corrected chi connectivity index (χ0v) is 10.3. The predicted octanol–water partition coefficient (Wildman–Crippen LogP) is 2.97. The molecular weight excluding hydrogens is 294 g/mol. The minimum Gasteiger partial charge on any atom is -0.480 e. The molecule has 0 radical (unpaired) electrons. The third kappa shape index (κ3) is 3.28. The van der Waals surface area contributed by atoms with Gasteiger partial charge < -0.3 is 10.8 Å². The summed E-state index contributed by atoms with van der Waals surface area (Å²) in [7, 11) is 0. The molecule has 18 heavy (non-hydrogen) atoms. The van der Waals surface area contributed by atoms with Crippen molar-refractivity contribution in [1.29, 1.82) is 0 Å². The highest BCUT2D eigenvalue weighted by atomic mass is 35.5. The summed E-state index contributed by atoms with van der Waals surface area (Å²) in [5.41, 5.74) is 3.77. The topological polar surface area (TPSA) is 63.3 Å². The SMILES string of the molecule is NC(Cc1c(C(F)(F)F)ccc(Cl)c1Cl)C(=O)O. The summed E-state index contributed by atoms with van der Waals surface area (Å²) in [4.78, 5) is 10.6. The standard InChI is InChI=1S/C10H8Cl2F3NO2/c11-6-2-1-5(10(13,14)15)4(8(6)12)3-7(16)9(17)18/h1-2,7H,3,16H2,(H,17,18). The Bertz CT molecular complexity index is 477. The van der Waals surface area contributed by atoms with Crippen molar-refractivity contribution in [2.24, 2.45) is 5.73 Å². The van der Waals surface area contributed by atoms with Gasteiger partial charge in [-0.1, -0.05) is 23.2 Å². The number of hydrogen-bond acceptors (Lipinski definition) is 2. The van der Waals surface area contributed by atoms with Crippen molar-refractivity contribution in [1.82, 2.24) is 0 Å². The third-order valence-electron chi connectivity index (χ3n) is 2.24. The lowest BCUT2D eigenvalue weighted by molar-refractivity contribution is -0.140. The number of carboxylic acids is 1. The maximum Gasteiger partial charge on any atom is 0.416 e. The molecule has 0 aliphatic carbocycles. The smallest absolute Gasteiger partial charge is 0.416 e. The van der Waals surface area contributed by atoms with Crippen molar-refractivity contribution in [3.63, 3.8) is 0 Å². The van der Waals surface area contributed by atoms with Gasteiger partial charge in [0.15, 0.2) is 0 Å². The highest BCUT2D eigenvalue weighted by Crippen LogP contribution is 2.38. The number of halogens is 5. The van der Waals surface area contributed by atoms with Gasteiger partial charge in [-0.2, -0.15) is 13.2 Å². The van der Waals surface area contributed by atoms with Crippen molar-refractivity contribution < 1.29 is 23.1 Å². The minimum absolute atomic E-state index is 0.0859. The van der Waals surface area contributed by atoms with Crippen LogP contribution >= 0.6 is 23.2 Å². The van der Waals surface area contributed by atoms with Crippen LogP contribution in [0.4, 0.5) is 13.2 Å². The number of carbonyl (C=O) groups is 1. The number of nitrogens with two attached hydrogens (primary N) is 1. The molecule has 1 rings (SSSR count). The molecule has 0 aliphatic heterocycles. The summed E-state index contributed by atoms with van der Waals surface area (Å²) in [5.74, 6) is -1.42. The van der Waals surface area contributed by atoms with Crippen LogP contribution in [-0.2, 0) is 17.4 Å². The van der Waals surface area contributed by atoms with E-state index in [-0.39, 0.29) is 10.0 Å². The maximum atomic E-state index is 12.7. The van der Waals surface area contributed by atoms with E-state index < -0.39 is 35.7 Å². The van der Waals surface area contributed by atoms with Gasteiger partial charge in [0.05, 0.1) is 15.6 Å². The van der Waals surface area contributed by atoms with Gasteiger partial charge in [-0.3, -0.25) is 4.79 Å². The number of alkyl halides is 3. The molecule has 1 aromatic carbocycles. The average molecular weight is 302 g/mol. The minimum atomic E-state index is -4.65. The van der Waals surface area contributed by atoms with Gasteiger partial charge in [0, 0.05) is 6.42 Å². The summed E-state index contributed by atoms with van der Waals surface area (Å²) in [6, 6.07) is 0.266. The number of carboxylic acid groups (broad SMARTS) is 1. The van der Waals surface area contributed by atoms with Gasteiger partial charge in [0.1, 0.15) is 6.04 Å². The van der Waals surface area contributed by atoms with Gasteiger partial charge >= 0.3 is 12.1 Å². The second kappa shape index (κ2) is 5.34. The van der Waals surface area contributed by atoms with Crippen LogP contribution in [0.1, 0.15) is 11.1 Å². The van der Waals surface area contributed by atoms with Crippen LogP contribution in [0, 0.1) is 0 Å². The first-order valence-corrected chi connectivity index (χ1v) is 5.42. The summed E-state index contributed by atoms with van der Waals surface area (Å²) >= 11 is 11.3. The summed E-state index contributed by atoms with van der Waals surface area (Å²) in [6.45, 7) is 0. The normalized spacial score (nSPS) is 13.4. The van der Waals surface area contributed by atoms with Crippen LogP contribution in [-0.4, -0.2) is 17.1 Å². The molecule has 0 saturated heterocycles. The lowest BCUT2D eigenvalue weighted by Gasteiger charge is -2.16. The molecule has 0 bridgehead atoms. The number of benzene rings is 1. The van der Waals surface area contributed by atoms with Gasteiger partial charge in [0.25, 0.3) is 0 Å². The van der Waals surface area contributed by atoms with E-state index >= 15 is 0 Å². The molecule has 1 unspecified atom stereocenters. The maximum absolute atomic E-state index is 12.7. The van der Waals surface area contributed by atoms with E-state index in [0.29, 0.717) is 0 Å². The average Bonchev–Trinajstić information content (AvgIpc) is 2.22. The van der Waals surface area contributed by atoms with Gasteiger partial charge in [-0.25, -0.2) is 0 Å². The largest absolute Gasteiger partial charge is 0.480 e. The zero-order chi connectivity index (χ0) is 14.1. The number of hydrogen-bond donors (Lipinski definition) is 2. The predicted molar refractivity (Wildman–Crippen MR) is 60.8 cm³/mol. The molecule has 100 valence electrons. The lowest BCUT2D eigenvalue weighted by atomic mass is 10.00. The van der Waals surface area contributed by atoms with Crippen molar-refractivity contribution in [3.8, 4) is 0 Å². The Balaban J connectivity index is 3.30. The molecule has 0 fully saturated rings. The first-order chi connectivity index (χ1) is 8.14. The molecule has 1 atom stereocenters. The monoisotopic (exact) mass is 301 g/mol. The van der Waals surface area contributed by atoms with Crippen molar-refractivity contribution in [3.05, 3.63) is 33.3 Å². The highest BCUT2D eigenvalue weighted by molar-refractivity contribution is 6.42. The molecule has 0 amide bonds. The van der Waals surface area contributed by atoms with Gasteiger partial charge in [-0.15, -0.1) is 0 Å². The molecular formula is C10H8Cl2F3NO2. The molecule has 8 heteroatoms. The fourth-order valence-corrected chi connectivity index (χ4v) is 1.78. The molecule has 0 spiro atoms. The van der Waals surface area contributed by atoms with E-state index in [1.54, 1.807) is 0 Å². The fraction of sp³-hybridized carbons (Fsp3) is 0.300. The molecule has 3 nitrogen and oxygen atoms in total. The third-order valence-corrected chi connectivity index (χ3v) is 3.09. The fourth-order valence-electron chi connectivity index (χ4n) is 1.37. The van der Waals surface area contributed by atoms with Crippen LogP contribution < -0.4 is 5.73 Å². The van der Waals surface area contributed by atoms with Crippen molar-refractivity contribution in [2.75, 3.05) is 0 Å². The van der Waals surface area contributed by atoms with Crippen LogP contribution in [0.3, 0.4) is 0 Å². The van der Waals surface area contributed by atoms with Crippen LogP contribution in [0.25, 0.3) is 0 Å². The lowest BCUT2D eigenvalue weighted by Crippen LogP contribution is -2.33. The second-order valence-corrected chi connectivity index (χ2v) is 4.32. The van der Waals surface area contributed by atoms with E-state index in [1.807, 2.05) is 0 Å². The Morgan fingerprint density at radius 1 is 1.39 bits per heavy atom. The Morgan fingerprint density at radius 2 is 1.94 bits per heavy atom. The van der Waals surface area contributed by atoms with E-state index in [9.17, 15) is 18.0 Å². The Hall–Kier alpha value is -0.980. The van der Waals surface area contributed by atoms with Crippen LogP contribution in [0.5, 0.6) is 0 Å². The molecule has 1 aromatic rings. The Labute approximate surface area is 110 Å². The zero-order valence-electron chi connectivity index (χ0n) is 8.76. The second-order valence-electron chi connectivity index (χ2n) is 3.53. The van der Waals surface area contributed by atoms with Crippen molar-refractivity contribution >= 4 is 29.2 Å². The van der Waals surface area contributed by atoms with E-state index in [0.717, 1.165) is 12.1 Å². The van der Waals surface area contributed by atoms with Crippen LogP contribution in [0.15, 0.2) is 12.1 Å². The summed E-state index contributed by atoms with van der Waals surface area (Å²) in [5, 5.41) is 8.20. The van der Waals surface area contributed by atoms with Crippen LogP contribution in [0.2, 0.25) is 10.0 Å². The Kier molecular flexibility index (Phi) is 4.47. The van der Waals surface area contributed by atoms with E-state index in [1.165, 1.54) is 0 Å². The molecule has 3 N–H and O–H groups in total. The number of aliphatic carboxylic acids is 1. The Morgan fingerprint density at radius 3 is 2.39 bits per heavy atom. The first kappa shape index (κ1) is 15.1. The molecule has 0 aliphatic rings. The summed E-state index contributed by atoms with van der Waals surface area (Å²) < 4.78 is 38.2.